The lowest BCUT2D eigenvalue weighted by molar-refractivity contribution is -0.120. The number of rotatable bonds is 6. The Hall–Kier alpha value is -2.52. The number of hydrogen-bond acceptors (Lipinski definition) is 8. The van der Waals surface area contributed by atoms with Crippen molar-refractivity contribution in [3.8, 4) is 22.3 Å². The predicted octanol–water partition coefficient (Wildman–Crippen LogP) is 3.32. The molecule has 1 N–H and O–H groups in total. The van der Waals surface area contributed by atoms with Gasteiger partial charge in [-0.25, -0.2) is 0 Å². The SMILES string of the molecule is C[C@@H](Sc1nnc(-c2cccs2)o1)C(=O)NCc1ccc2c(c1)OCO2. The van der Waals surface area contributed by atoms with Gasteiger partial charge in [-0.05, 0) is 36.1 Å². The summed E-state index contributed by atoms with van der Waals surface area (Å²) >= 11 is 2.76. The molecule has 0 saturated heterocycles. The Kier molecular flexibility index (Phi) is 4.81. The van der Waals surface area contributed by atoms with Crippen molar-refractivity contribution in [1.82, 2.24) is 15.5 Å². The molecule has 0 aliphatic carbocycles. The summed E-state index contributed by atoms with van der Waals surface area (Å²) < 4.78 is 16.2. The van der Waals surface area contributed by atoms with Gasteiger partial charge in [-0.15, -0.1) is 21.5 Å². The Bertz CT molecular complexity index is 911. The number of ether oxygens (including phenoxy) is 2. The number of thiophene rings is 1. The van der Waals surface area contributed by atoms with Crippen molar-refractivity contribution in [2.45, 2.75) is 23.9 Å². The van der Waals surface area contributed by atoms with Crippen LogP contribution < -0.4 is 14.8 Å². The Morgan fingerprint density at radius 1 is 1.31 bits per heavy atom. The molecule has 0 radical (unpaired) electrons. The van der Waals surface area contributed by atoms with E-state index in [9.17, 15) is 4.79 Å². The molecule has 0 spiro atoms. The second-order valence-electron chi connectivity index (χ2n) is 5.52. The van der Waals surface area contributed by atoms with E-state index in [1.807, 2.05) is 35.7 Å². The van der Waals surface area contributed by atoms with Gasteiger partial charge in [-0.1, -0.05) is 23.9 Å². The van der Waals surface area contributed by atoms with Crippen LogP contribution in [-0.2, 0) is 11.3 Å². The molecule has 134 valence electrons. The summed E-state index contributed by atoms with van der Waals surface area (Å²) in [6.45, 7) is 2.44. The quantitative estimate of drug-likeness (QED) is 0.647. The van der Waals surface area contributed by atoms with Crippen LogP contribution in [0.15, 0.2) is 45.4 Å². The van der Waals surface area contributed by atoms with Gasteiger partial charge in [0, 0.05) is 6.54 Å². The van der Waals surface area contributed by atoms with E-state index < -0.39 is 0 Å². The molecule has 3 heterocycles. The molecule has 0 bridgehead atoms. The molecule has 1 amide bonds. The number of carbonyl (C=O) groups is 1. The minimum atomic E-state index is -0.361. The van der Waals surface area contributed by atoms with Gasteiger partial charge >= 0.3 is 0 Å². The number of benzene rings is 1. The van der Waals surface area contributed by atoms with Gasteiger partial charge in [0.1, 0.15) is 0 Å². The van der Waals surface area contributed by atoms with Gasteiger partial charge in [0.2, 0.25) is 12.7 Å². The number of nitrogens with one attached hydrogen (secondary N) is 1. The second-order valence-corrected chi connectivity index (χ2v) is 7.76. The van der Waals surface area contributed by atoms with Crippen molar-refractivity contribution >= 4 is 29.0 Å². The molecule has 26 heavy (non-hydrogen) atoms. The van der Waals surface area contributed by atoms with E-state index in [0.717, 1.165) is 16.2 Å². The molecule has 0 unspecified atom stereocenters. The Balaban J connectivity index is 1.32. The first-order valence-corrected chi connectivity index (χ1v) is 9.65. The van der Waals surface area contributed by atoms with Crippen molar-refractivity contribution in [3.63, 3.8) is 0 Å². The largest absolute Gasteiger partial charge is 0.454 e. The first-order chi connectivity index (χ1) is 12.7. The van der Waals surface area contributed by atoms with Crippen LogP contribution in [0.1, 0.15) is 12.5 Å². The van der Waals surface area contributed by atoms with Gasteiger partial charge in [0.15, 0.2) is 11.5 Å². The van der Waals surface area contributed by atoms with Crippen molar-refractivity contribution in [1.29, 1.82) is 0 Å². The Morgan fingerprint density at radius 2 is 2.19 bits per heavy atom. The predicted molar refractivity (Wildman–Crippen MR) is 97.3 cm³/mol. The third-order valence-electron chi connectivity index (χ3n) is 3.69. The van der Waals surface area contributed by atoms with Crippen molar-refractivity contribution < 1.29 is 18.7 Å². The highest BCUT2D eigenvalue weighted by Gasteiger charge is 2.19. The standard InChI is InChI=1S/C17H15N3O4S2/c1-10(26-17-20-19-16(24-17)14-3-2-6-25-14)15(21)18-8-11-4-5-12-13(7-11)23-9-22-12/h2-7,10H,8-9H2,1H3,(H,18,21)/t10-/m1/s1. The highest BCUT2D eigenvalue weighted by atomic mass is 32.2. The van der Waals surface area contributed by atoms with Crippen molar-refractivity contribution in [2.24, 2.45) is 0 Å². The van der Waals surface area contributed by atoms with Crippen molar-refractivity contribution in [2.75, 3.05) is 6.79 Å². The third-order valence-corrected chi connectivity index (χ3v) is 5.48. The van der Waals surface area contributed by atoms with Crippen LogP contribution in [0, 0.1) is 0 Å². The maximum atomic E-state index is 12.3. The lowest BCUT2D eigenvalue weighted by Crippen LogP contribution is -2.30. The number of thioether (sulfide) groups is 1. The molecule has 0 saturated carbocycles. The van der Waals surface area contributed by atoms with E-state index in [1.54, 1.807) is 6.92 Å². The molecule has 4 rings (SSSR count). The lowest BCUT2D eigenvalue weighted by Gasteiger charge is -2.10. The molecule has 0 fully saturated rings. The van der Waals surface area contributed by atoms with E-state index in [-0.39, 0.29) is 18.0 Å². The second kappa shape index (κ2) is 7.38. The fourth-order valence-corrected chi connectivity index (χ4v) is 3.70. The normalized spacial score (nSPS) is 13.6. The number of amides is 1. The average Bonchev–Trinajstić information content (AvgIpc) is 3.39. The van der Waals surface area contributed by atoms with Gasteiger partial charge < -0.3 is 19.2 Å². The fourth-order valence-electron chi connectivity index (χ4n) is 2.35. The molecule has 9 heteroatoms. The summed E-state index contributed by atoms with van der Waals surface area (Å²) in [6, 6.07) is 9.44. The van der Waals surface area contributed by atoms with Gasteiger partial charge in [-0.3, -0.25) is 4.79 Å². The summed E-state index contributed by atoms with van der Waals surface area (Å²) in [5.74, 6) is 1.78. The molecular formula is C17H15N3O4S2. The number of fused-ring (bicyclic) bond motifs is 1. The van der Waals surface area contributed by atoms with Crippen LogP contribution in [0.2, 0.25) is 0 Å². The number of carbonyl (C=O) groups excluding carboxylic acids is 1. The maximum absolute atomic E-state index is 12.3. The minimum Gasteiger partial charge on any atom is -0.454 e. The van der Waals surface area contributed by atoms with E-state index in [0.29, 0.717) is 23.4 Å². The first kappa shape index (κ1) is 16.9. The minimum absolute atomic E-state index is 0.108. The van der Waals surface area contributed by atoms with Crippen LogP contribution in [0.5, 0.6) is 11.5 Å². The monoisotopic (exact) mass is 389 g/mol. The number of hydrogen-bond donors (Lipinski definition) is 1. The molecule has 1 aliphatic heterocycles. The van der Waals surface area contributed by atoms with E-state index in [1.165, 1.54) is 23.1 Å². The smallest absolute Gasteiger partial charge is 0.277 e. The van der Waals surface area contributed by atoms with Crippen LogP contribution in [-0.4, -0.2) is 28.1 Å². The zero-order chi connectivity index (χ0) is 17.9. The summed E-state index contributed by atoms with van der Waals surface area (Å²) in [5, 5.41) is 12.9. The molecule has 7 nitrogen and oxygen atoms in total. The first-order valence-electron chi connectivity index (χ1n) is 7.89. The van der Waals surface area contributed by atoms with Crippen LogP contribution >= 0.6 is 23.1 Å². The lowest BCUT2D eigenvalue weighted by atomic mass is 10.2. The van der Waals surface area contributed by atoms with Crippen molar-refractivity contribution in [3.05, 3.63) is 41.3 Å². The zero-order valence-corrected chi connectivity index (χ0v) is 15.4. The molecule has 2 aromatic heterocycles. The number of nitrogens with zero attached hydrogens (tertiary/aromatic N) is 2. The zero-order valence-electron chi connectivity index (χ0n) is 13.8. The van der Waals surface area contributed by atoms with Crippen LogP contribution in [0.4, 0.5) is 0 Å². The summed E-state index contributed by atoms with van der Waals surface area (Å²) in [7, 11) is 0. The van der Waals surface area contributed by atoms with E-state index in [4.69, 9.17) is 13.9 Å². The van der Waals surface area contributed by atoms with Crippen LogP contribution in [0.25, 0.3) is 10.8 Å². The molecular weight excluding hydrogens is 374 g/mol. The van der Waals surface area contributed by atoms with Gasteiger partial charge in [-0.2, -0.15) is 0 Å². The molecule has 1 aliphatic rings. The van der Waals surface area contributed by atoms with Crippen LogP contribution in [0.3, 0.4) is 0 Å². The average molecular weight is 389 g/mol. The van der Waals surface area contributed by atoms with Gasteiger partial charge in [0.05, 0.1) is 10.1 Å². The Morgan fingerprint density at radius 3 is 3.04 bits per heavy atom. The third kappa shape index (κ3) is 3.68. The summed E-state index contributed by atoms with van der Waals surface area (Å²) in [4.78, 5) is 13.2. The Labute approximate surface area is 157 Å². The summed E-state index contributed by atoms with van der Waals surface area (Å²) in [5.41, 5.74) is 0.942. The molecule has 1 atom stereocenters. The molecule has 3 aromatic rings. The number of aromatic nitrogens is 2. The van der Waals surface area contributed by atoms with E-state index >= 15 is 0 Å². The topological polar surface area (TPSA) is 86.5 Å². The summed E-state index contributed by atoms with van der Waals surface area (Å²) in [6.07, 6.45) is 0. The van der Waals surface area contributed by atoms with Gasteiger partial charge in [0.25, 0.3) is 11.1 Å². The van der Waals surface area contributed by atoms with E-state index in [2.05, 4.69) is 15.5 Å². The maximum Gasteiger partial charge on any atom is 0.277 e. The molecule has 1 aromatic carbocycles. The highest BCUT2D eigenvalue weighted by Crippen LogP contribution is 2.32. The highest BCUT2D eigenvalue weighted by molar-refractivity contribution is 8.00. The fraction of sp³-hybridized carbons (Fsp3) is 0.235.